The molecule has 1 fully saturated rings. The first-order valence-corrected chi connectivity index (χ1v) is 12.0. The van der Waals surface area contributed by atoms with Crippen LogP contribution in [0.4, 0.5) is 5.13 Å². The first-order valence-electron chi connectivity index (χ1n) is 9.76. The van der Waals surface area contributed by atoms with Crippen molar-refractivity contribution in [1.82, 2.24) is 9.29 Å². The van der Waals surface area contributed by atoms with Crippen molar-refractivity contribution in [2.45, 2.75) is 30.7 Å². The molecular formula is C21H21N3O5S2. The van der Waals surface area contributed by atoms with E-state index in [1.807, 2.05) is 0 Å². The van der Waals surface area contributed by atoms with Crippen molar-refractivity contribution < 1.29 is 22.7 Å². The van der Waals surface area contributed by atoms with Crippen LogP contribution in [0.1, 0.15) is 40.5 Å². The van der Waals surface area contributed by atoms with Crippen molar-refractivity contribution >= 4 is 48.6 Å². The minimum absolute atomic E-state index is 0.0661. The van der Waals surface area contributed by atoms with Gasteiger partial charge in [-0.25, -0.2) is 18.2 Å². The predicted octanol–water partition coefficient (Wildman–Crippen LogP) is 3.51. The van der Waals surface area contributed by atoms with Gasteiger partial charge in [0, 0.05) is 18.7 Å². The minimum atomic E-state index is -3.56. The summed E-state index contributed by atoms with van der Waals surface area (Å²) in [4.78, 5) is 29.0. The summed E-state index contributed by atoms with van der Waals surface area (Å²) in [5, 5.41) is 3.10. The summed E-state index contributed by atoms with van der Waals surface area (Å²) in [6.45, 7) is 2.03. The van der Waals surface area contributed by atoms with Gasteiger partial charge < -0.3 is 4.74 Å². The molecule has 31 heavy (non-hydrogen) atoms. The van der Waals surface area contributed by atoms with Crippen molar-refractivity contribution in [3.8, 4) is 0 Å². The number of ether oxygens (including phenoxy) is 1. The van der Waals surface area contributed by atoms with Crippen molar-refractivity contribution in [3.05, 3.63) is 53.6 Å². The number of hydrogen-bond donors (Lipinski definition) is 1. The van der Waals surface area contributed by atoms with E-state index in [1.165, 1.54) is 39.9 Å². The van der Waals surface area contributed by atoms with E-state index in [0.717, 1.165) is 17.5 Å². The lowest BCUT2D eigenvalue weighted by atomic mass is 10.2. The fraction of sp³-hybridized carbons (Fsp3) is 0.286. The van der Waals surface area contributed by atoms with Crippen LogP contribution in [0.3, 0.4) is 0 Å². The van der Waals surface area contributed by atoms with Gasteiger partial charge in [-0.05, 0) is 62.2 Å². The number of benzene rings is 2. The summed E-state index contributed by atoms with van der Waals surface area (Å²) < 4.78 is 32.3. The molecule has 1 aromatic heterocycles. The Bertz CT molecular complexity index is 1250. The molecule has 2 aromatic carbocycles. The summed E-state index contributed by atoms with van der Waals surface area (Å²) in [5.41, 5.74) is 1.39. The molecule has 0 atom stereocenters. The van der Waals surface area contributed by atoms with Gasteiger partial charge in [-0.3, -0.25) is 10.1 Å². The van der Waals surface area contributed by atoms with Gasteiger partial charge in [0.15, 0.2) is 5.13 Å². The third-order valence-corrected chi connectivity index (χ3v) is 7.83. The molecule has 0 spiro atoms. The Balaban J connectivity index is 1.49. The van der Waals surface area contributed by atoms with Crippen LogP contribution in [0.25, 0.3) is 10.2 Å². The zero-order valence-electron chi connectivity index (χ0n) is 17.0. The van der Waals surface area contributed by atoms with Crippen LogP contribution in [0.2, 0.25) is 0 Å². The summed E-state index contributed by atoms with van der Waals surface area (Å²) >= 11 is 1.24. The number of rotatable bonds is 7. The maximum atomic E-state index is 12.6. The molecule has 0 saturated heterocycles. The third kappa shape index (κ3) is 4.46. The number of carbonyl (C=O) groups is 2. The topological polar surface area (TPSA) is 106 Å². The fourth-order valence-corrected chi connectivity index (χ4v) is 5.38. The highest BCUT2D eigenvalue weighted by atomic mass is 32.2. The second kappa shape index (κ2) is 8.37. The molecule has 0 radical (unpaired) electrons. The standard InChI is InChI=1S/C21H21N3O5S2/c1-3-29-20(26)14-6-11-17-18(12-14)30-21(22-17)23-19(25)13-4-9-16(10-5-13)31(27,28)24(2)15-7-8-15/h4-6,9-12,15H,3,7-8H2,1-2H3,(H,22,23,25). The average Bonchev–Trinajstić information content (AvgIpc) is 3.52. The van der Waals surface area contributed by atoms with Gasteiger partial charge in [-0.2, -0.15) is 4.31 Å². The monoisotopic (exact) mass is 459 g/mol. The molecule has 0 unspecified atom stereocenters. The van der Waals surface area contributed by atoms with Crippen LogP contribution >= 0.6 is 11.3 Å². The third-order valence-electron chi connectivity index (χ3n) is 4.97. The molecular weight excluding hydrogens is 438 g/mol. The van der Waals surface area contributed by atoms with Gasteiger partial charge >= 0.3 is 5.97 Å². The lowest BCUT2D eigenvalue weighted by Crippen LogP contribution is -2.29. The molecule has 1 amide bonds. The van der Waals surface area contributed by atoms with Crippen LogP contribution < -0.4 is 5.32 Å². The first-order chi connectivity index (χ1) is 14.8. The second-order valence-electron chi connectivity index (χ2n) is 7.15. The minimum Gasteiger partial charge on any atom is -0.462 e. The highest BCUT2D eigenvalue weighted by molar-refractivity contribution is 7.89. The van der Waals surface area contributed by atoms with Crippen molar-refractivity contribution in [1.29, 1.82) is 0 Å². The van der Waals surface area contributed by atoms with Crippen LogP contribution in [-0.2, 0) is 14.8 Å². The highest BCUT2D eigenvalue weighted by Gasteiger charge is 2.35. The molecule has 1 saturated carbocycles. The van der Waals surface area contributed by atoms with Crippen LogP contribution in [-0.4, -0.2) is 49.3 Å². The van der Waals surface area contributed by atoms with Crippen molar-refractivity contribution in [2.24, 2.45) is 0 Å². The molecule has 1 aliphatic rings. The number of carbonyl (C=O) groups excluding carboxylic acids is 2. The lowest BCUT2D eigenvalue weighted by molar-refractivity contribution is 0.0526. The number of aromatic nitrogens is 1. The molecule has 1 N–H and O–H groups in total. The zero-order chi connectivity index (χ0) is 22.2. The van der Waals surface area contributed by atoms with Gasteiger partial charge in [0.2, 0.25) is 10.0 Å². The summed E-state index contributed by atoms with van der Waals surface area (Å²) in [6, 6.07) is 10.9. The number of amides is 1. The lowest BCUT2D eigenvalue weighted by Gasteiger charge is -2.16. The molecule has 0 bridgehead atoms. The van der Waals surface area contributed by atoms with E-state index in [1.54, 1.807) is 32.2 Å². The van der Waals surface area contributed by atoms with Gasteiger partial charge in [0.25, 0.3) is 5.91 Å². The van der Waals surface area contributed by atoms with E-state index in [2.05, 4.69) is 10.3 Å². The quantitative estimate of drug-likeness (QED) is 0.542. The van der Waals surface area contributed by atoms with Gasteiger partial charge in [0.05, 0.1) is 27.3 Å². The Morgan fingerprint density at radius 1 is 1.16 bits per heavy atom. The van der Waals surface area contributed by atoms with Crippen molar-refractivity contribution in [3.63, 3.8) is 0 Å². The Morgan fingerprint density at radius 2 is 1.84 bits per heavy atom. The van der Waals surface area contributed by atoms with Gasteiger partial charge in [0.1, 0.15) is 0 Å². The molecule has 10 heteroatoms. The zero-order valence-corrected chi connectivity index (χ0v) is 18.6. The molecule has 1 heterocycles. The number of anilines is 1. The molecule has 1 aliphatic carbocycles. The molecule has 162 valence electrons. The van der Waals surface area contributed by atoms with Crippen LogP contribution in [0.5, 0.6) is 0 Å². The summed E-state index contributed by atoms with van der Waals surface area (Å²) in [5.74, 6) is -0.810. The predicted molar refractivity (Wildman–Crippen MR) is 118 cm³/mol. The molecule has 3 aromatic rings. The van der Waals surface area contributed by atoms with E-state index in [9.17, 15) is 18.0 Å². The normalized spacial score (nSPS) is 14.0. The van der Waals surface area contributed by atoms with Gasteiger partial charge in [-0.1, -0.05) is 11.3 Å². The molecule has 4 rings (SSSR count). The number of thiazole rings is 1. The van der Waals surface area contributed by atoms with E-state index in [0.29, 0.717) is 21.8 Å². The smallest absolute Gasteiger partial charge is 0.338 e. The summed E-state index contributed by atoms with van der Waals surface area (Å²) in [7, 11) is -1.98. The first kappa shape index (κ1) is 21.4. The number of nitrogens with zero attached hydrogens (tertiary/aromatic N) is 2. The number of sulfonamides is 1. The Morgan fingerprint density at radius 3 is 2.48 bits per heavy atom. The largest absolute Gasteiger partial charge is 0.462 e. The average molecular weight is 460 g/mol. The highest BCUT2D eigenvalue weighted by Crippen LogP contribution is 2.31. The maximum Gasteiger partial charge on any atom is 0.338 e. The van der Waals surface area contributed by atoms with E-state index in [4.69, 9.17) is 4.74 Å². The molecule has 8 nitrogen and oxygen atoms in total. The van der Waals surface area contributed by atoms with Crippen LogP contribution in [0, 0.1) is 0 Å². The van der Waals surface area contributed by atoms with Gasteiger partial charge in [-0.15, -0.1) is 0 Å². The van der Waals surface area contributed by atoms with Crippen LogP contribution in [0.15, 0.2) is 47.4 Å². The Kier molecular flexibility index (Phi) is 5.78. The SMILES string of the molecule is CCOC(=O)c1ccc2nc(NC(=O)c3ccc(S(=O)(=O)N(C)C4CC4)cc3)sc2c1. The number of fused-ring (bicyclic) bond motifs is 1. The maximum absolute atomic E-state index is 12.6. The fourth-order valence-electron chi connectivity index (χ4n) is 3.07. The number of esters is 1. The number of nitrogens with one attached hydrogen (secondary N) is 1. The summed E-state index contributed by atoms with van der Waals surface area (Å²) in [6.07, 6.45) is 1.75. The van der Waals surface area contributed by atoms with Crippen molar-refractivity contribution in [2.75, 3.05) is 19.0 Å². The number of hydrogen-bond acceptors (Lipinski definition) is 7. The van der Waals surface area contributed by atoms with E-state index >= 15 is 0 Å². The van der Waals surface area contributed by atoms with E-state index in [-0.39, 0.29) is 17.5 Å². The Labute approximate surface area is 183 Å². The second-order valence-corrected chi connectivity index (χ2v) is 10.2. The Hall–Kier alpha value is -2.82. The molecule has 0 aliphatic heterocycles. The van der Waals surface area contributed by atoms with E-state index < -0.39 is 21.9 Å².